The fourth-order valence-corrected chi connectivity index (χ4v) is 2.22. The molecule has 0 aliphatic carbocycles. The largest absolute Gasteiger partial charge is 0.409 e. The van der Waals surface area contributed by atoms with Crippen LogP contribution in [0.15, 0.2) is 17.5 Å². The third kappa shape index (κ3) is 3.74. The lowest BCUT2D eigenvalue weighted by molar-refractivity contribution is 0.318. The third-order valence-corrected chi connectivity index (χ3v) is 4.14. The highest BCUT2D eigenvalue weighted by atomic mass is 32.2. The molecule has 0 aromatic carbocycles. The van der Waals surface area contributed by atoms with E-state index < -0.39 is 9.84 Å². The van der Waals surface area contributed by atoms with Gasteiger partial charge in [0.1, 0.15) is 9.84 Å². The van der Waals surface area contributed by atoms with Gasteiger partial charge in [-0.3, -0.25) is 0 Å². The topological polar surface area (TPSA) is 111 Å². The van der Waals surface area contributed by atoms with Crippen LogP contribution in [0.4, 0.5) is 0 Å². The van der Waals surface area contributed by atoms with Gasteiger partial charge in [-0.15, -0.1) is 0 Å². The molecule has 0 atom stereocenters. The summed E-state index contributed by atoms with van der Waals surface area (Å²) in [6.07, 6.45) is 3.64. The summed E-state index contributed by atoms with van der Waals surface area (Å²) < 4.78 is 24.2. The van der Waals surface area contributed by atoms with E-state index in [4.69, 9.17) is 10.9 Å². The quantitative estimate of drug-likeness (QED) is 0.318. The van der Waals surface area contributed by atoms with Gasteiger partial charge < -0.3 is 15.5 Å². The van der Waals surface area contributed by atoms with E-state index in [2.05, 4.69) is 10.1 Å². The molecule has 17 heavy (non-hydrogen) atoms. The summed E-state index contributed by atoms with van der Waals surface area (Å²) in [5, 5.41) is 11.4. The Morgan fingerprint density at radius 3 is 2.94 bits per heavy atom. The Kier molecular flexibility index (Phi) is 4.50. The second-order valence-electron chi connectivity index (χ2n) is 3.52. The van der Waals surface area contributed by atoms with Gasteiger partial charge in [-0.25, -0.2) is 13.4 Å². The van der Waals surface area contributed by atoms with Crippen molar-refractivity contribution >= 4 is 15.7 Å². The van der Waals surface area contributed by atoms with Crippen molar-refractivity contribution in [3.63, 3.8) is 0 Å². The molecule has 7 nitrogen and oxygen atoms in total. The molecule has 1 aromatic rings. The van der Waals surface area contributed by atoms with E-state index >= 15 is 0 Å². The van der Waals surface area contributed by atoms with Crippen LogP contribution in [0.25, 0.3) is 0 Å². The Balaban J connectivity index is 2.62. The highest BCUT2D eigenvalue weighted by Gasteiger charge is 2.10. The first-order valence-electron chi connectivity index (χ1n) is 5.19. The molecular formula is C9H16N4O3S. The first-order valence-corrected chi connectivity index (χ1v) is 7.01. The summed E-state index contributed by atoms with van der Waals surface area (Å²) in [6.45, 7) is 2.08. The lowest BCUT2D eigenvalue weighted by Crippen LogP contribution is -2.20. The van der Waals surface area contributed by atoms with Crippen molar-refractivity contribution in [3.05, 3.63) is 18.2 Å². The van der Waals surface area contributed by atoms with Crippen molar-refractivity contribution in [2.24, 2.45) is 10.9 Å². The maximum atomic E-state index is 11.3. The number of aryl methyl sites for hydroxylation is 1. The molecule has 8 heteroatoms. The summed E-state index contributed by atoms with van der Waals surface area (Å²) in [5.41, 5.74) is 5.42. The van der Waals surface area contributed by atoms with Gasteiger partial charge >= 0.3 is 0 Å². The minimum Gasteiger partial charge on any atom is -0.409 e. The second-order valence-corrected chi connectivity index (χ2v) is 5.99. The number of hydrogen-bond donors (Lipinski definition) is 2. The summed E-state index contributed by atoms with van der Waals surface area (Å²) >= 11 is 0. The van der Waals surface area contributed by atoms with E-state index in [1.807, 2.05) is 0 Å². The molecule has 1 aromatic heterocycles. The molecular weight excluding hydrogens is 244 g/mol. The number of amidine groups is 1. The van der Waals surface area contributed by atoms with Crippen molar-refractivity contribution in [2.75, 3.05) is 11.5 Å². The molecule has 96 valence electrons. The maximum Gasteiger partial charge on any atom is 0.206 e. The zero-order chi connectivity index (χ0) is 12.9. The van der Waals surface area contributed by atoms with E-state index in [1.54, 1.807) is 17.7 Å². The SMILES string of the molecule is CCS(=O)(=O)CCCn1ccnc1C(N)=NO. The van der Waals surface area contributed by atoms with Gasteiger partial charge in [0.2, 0.25) is 5.84 Å². The normalized spacial score (nSPS) is 12.9. The highest BCUT2D eigenvalue weighted by molar-refractivity contribution is 7.91. The van der Waals surface area contributed by atoms with Gasteiger partial charge in [-0.05, 0) is 6.42 Å². The Labute approximate surface area is 99.9 Å². The van der Waals surface area contributed by atoms with Gasteiger partial charge in [0, 0.05) is 24.7 Å². The van der Waals surface area contributed by atoms with Crippen molar-refractivity contribution in [3.8, 4) is 0 Å². The van der Waals surface area contributed by atoms with Gasteiger partial charge in [0.05, 0.1) is 5.75 Å². The maximum absolute atomic E-state index is 11.3. The van der Waals surface area contributed by atoms with Crippen LogP contribution in [-0.2, 0) is 16.4 Å². The van der Waals surface area contributed by atoms with Gasteiger partial charge in [-0.1, -0.05) is 12.1 Å². The molecule has 3 N–H and O–H groups in total. The number of nitrogens with zero attached hydrogens (tertiary/aromatic N) is 3. The summed E-state index contributed by atoms with van der Waals surface area (Å²) in [7, 11) is -2.96. The van der Waals surface area contributed by atoms with Gasteiger partial charge in [-0.2, -0.15) is 0 Å². The zero-order valence-corrected chi connectivity index (χ0v) is 10.4. The number of nitrogens with two attached hydrogens (primary N) is 1. The molecule has 0 saturated heterocycles. The Morgan fingerprint density at radius 1 is 1.65 bits per heavy atom. The van der Waals surface area contributed by atoms with Crippen molar-refractivity contribution < 1.29 is 13.6 Å². The molecule has 1 heterocycles. The lowest BCUT2D eigenvalue weighted by Gasteiger charge is -2.06. The van der Waals surface area contributed by atoms with E-state index in [0.29, 0.717) is 18.8 Å². The first kappa shape index (κ1) is 13.5. The Bertz CT molecular complexity index is 492. The standard InChI is InChI=1S/C9H16N4O3S/c1-2-17(15,16)7-3-5-13-6-4-11-9(13)8(10)12-14/h4,6,14H,2-3,5,7H2,1H3,(H2,10,12). The Morgan fingerprint density at radius 2 is 2.35 bits per heavy atom. The molecule has 0 saturated carbocycles. The lowest BCUT2D eigenvalue weighted by atomic mass is 10.4. The van der Waals surface area contributed by atoms with Crippen LogP contribution in [0.1, 0.15) is 19.2 Å². The van der Waals surface area contributed by atoms with Crippen molar-refractivity contribution in [2.45, 2.75) is 19.9 Å². The zero-order valence-electron chi connectivity index (χ0n) is 9.57. The summed E-state index contributed by atoms with van der Waals surface area (Å²) in [6, 6.07) is 0. The fourth-order valence-electron chi connectivity index (χ4n) is 1.37. The van der Waals surface area contributed by atoms with Crippen LogP contribution in [0.5, 0.6) is 0 Å². The summed E-state index contributed by atoms with van der Waals surface area (Å²) in [4.78, 5) is 3.92. The second kappa shape index (κ2) is 5.67. The summed E-state index contributed by atoms with van der Waals surface area (Å²) in [5.74, 6) is 0.510. The highest BCUT2D eigenvalue weighted by Crippen LogP contribution is 2.01. The van der Waals surface area contributed by atoms with Gasteiger partial charge in [0.25, 0.3) is 0 Å². The predicted octanol–water partition coefficient (Wildman–Crippen LogP) is -0.198. The number of sulfone groups is 1. The molecule has 0 amide bonds. The van der Waals surface area contributed by atoms with Crippen LogP contribution in [-0.4, -0.2) is 40.5 Å². The van der Waals surface area contributed by atoms with E-state index in [0.717, 1.165) is 0 Å². The molecule has 0 bridgehead atoms. The average Bonchev–Trinajstić information content (AvgIpc) is 2.76. The van der Waals surface area contributed by atoms with Crippen LogP contribution in [0.3, 0.4) is 0 Å². The minimum absolute atomic E-state index is 0.0895. The van der Waals surface area contributed by atoms with Gasteiger partial charge in [0.15, 0.2) is 5.82 Å². The number of imidazole rings is 1. The van der Waals surface area contributed by atoms with Crippen molar-refractivity contribution in [1.29, 1.82) is 0 Å². The minimum atomic E-state index is -2.96. The predicted molar refractivity (Wildman–Crippen MR) is 63.7 cm³/mol. The van der Waals surface area contributed by atoms with E-state index in [9.17, 15) is 8.42 Å². The van der Waals surface area contributed by atoms with Crippen molar-refractivity contribution in [1.82, 2.24) is 9.55 Å². The number of oxime groups is 1. The van der Waals surface area contributed by atoms with Crippen LogP contribution in [0.2, 0.25) is 0 Å². The van der Waals surface area contributed by atoms with E-state index in [-0.39, 0.29) is 17.3 Å². The molecule has 0 fully saturated rings. The fraction of sp³-hybridized carbons (Fsp3) is 0.556. The number of rotatable bonds is 6. The monoisotopic (exact) mass is 260 g/mol. The van der Waals surface area contributed by atoms with Crippen LogP contribution >= 0.6 is 0 Å². The molecule has 0 spiro atoms. The average molecular weight is 260 g/mol. The molecule has 1 rings (SSSR count). The van der Waals surface area contributed by atoms with Crippen LogP contribution in [0, 0.1) is 0 Å². The molecule has 0 unspecified atom stereocenters. The van der Waals surface area contributed by atoms with E-state index in [1.165, 1.54) is 6.20 Å². The molecule has 0 radical (unpaired) electrons. The number of aromatic nitrogens is 2. The smallest absolute Gasteiger partial charge is 0.206 e. The molecule has 0 aliphatic heterocycles. The number of hydrogen-bond acceptors (Lipinski definition) is 5. The molecule has 0 aliphatic rings. The third-order valence-electron chi connectivity index (χ3n) is 2.35. The Hall–Kier alpha value is -1.57. The first-order chi connectivity index (χ1) is 8.00. The van der Waals surface area contributed by atoms with Crippen LogP contribution < -0.4 is 5.73 Å².